The molecule has 5 aromatic carbocycles. The van der Waals surface area contributed by atoms with Crippen molar-refractivity contribution < 1.29 is 45.2 Å². The van der Waals surface area contributed by atoms with Crippen LogP contribution >= 0.6 is 0 Å². The van der Waals surface area contributed by atoms with Gasteiger partial charge in [-0.2, -0.15) is 0 Å². The summed E-state index contributed by atoms with van der Waals surface area (Å²) < 4.78 is 18.7. The van der Waals surface area contributed by atoms with Crippen molar-refractivity contribution in [1.29, 1.82) is 0 Å². The SMILES string of the molecule is CCO.O=C([O-])[C@@H](O)c1ccccc1.[NH3+]C[C@H](O)c1cc(OCc2ccccc2)c(OCc2ccccc2)c(OCc2ccccc2)c1. The number of carbonyl (C=O) groups excluding carboxylic acids is 1. The molecule has 2 atom stereocenters. The highest BCUT2D eigenvalue weighted by atomic mass is 16.5. The van der Waals surface area contributed by atoms with Crippen molar-refractivity contribution in [3.63, 3.8) is 0 Å². The standard InChI is InChI=1S/C29H29NO4.C8H8O3.C2H6O/c30-18-26(31)25-16-27(32-19-22-10-4-1-5-11-22)29(34-21-24-14-8-3-9-15-24)28(17-25)33-20-23-12-6-2-7-13-23;9-7(8(10)11)6-4-2-1-3-5-6;1-2-3/h1-17,26,31H,18-21,30H2;1-5,7,9H,(H,10,11);3H,2H2,1H3/t26-;7-;/m00./s1. The van der Waals surface area contributed by atoms with Gasteiger partial charge in [-0.25, -0.2) is 0 Å². The predicted octanol–water partition coefficient (Wildman–Crippen LogP) is 4.17. The lowest BCUT2D eigenvalue weighted by Crippen LogP contribution is -2.52. The van der Waals surface area contributed by atoms with Gasteiger partial charge in [-0.15, -0.1) is 0 Å². The van der Waals surface area contributed by atoms with Crippen molar-refractivity contribution in [1.82, 2.24) is 0 Å². The number of aliphatic hydroxyl groups is 3. The summed E-state index contributed by atoms with van der Waals surface area (Å²) in [5.41, 5.74) is 7.96. The molecular formula is C39H43NO8. The second-order valence-electron chi connectivity index (χ2n) is 10.4. The lowest BCUT2D eigenvalue weighted by molar-refractivity contribution is -0.385. The zero-order valence-electron chi connectivity index (χ0n) is 27.0. The predicted molar refractivity (Wildman–Crippen MR) is 181 cm³/mol. The van der Waals surface area contributed by atoms with Gasteiger partial charge < -0.3 is 45.2 Å². The molecule has 0 saturated carbocycles. The van der Waals surface area contributed by atoms with Crippen molar-refractivity contribution in [2.75, 3.05) is 13.2 Å². The molecule has 0 saturated heterocycles. The van der Waals surface area contributed by atoms with Gasteiger partial charge in [-0.1, -0.05) is 121 Å². The van der Waals surface area contributed by atoms with E-state index < -0.39 is 18.2 Å². The molecule has 9 nitrogen and oxygen atoms in total. The van der Waals surface area contributed by atoms with E-state index in [4.69, 9.17) is 24.4 Å². The number of aliphatic hydroxyl groups excluding tert-OH is 3. The van der Waals surface area contributed by atoms with Crippen LogP contribution in [-0.4, -0.2) is 34.4 Å². The van der Waals surface area contributed by atoms with Crippen molar-refractivity contribution in [2.45, 2.75) is 39.0 Å². The van der Waals surface area contributed by atoms with Crippen molar-refractivity contribution >= 4 is 5.97 Å². The minimum Gasteiger partial charge on any atom is -0.547 e. The fraction of sp³-hybridized carbons (Fsp3) is 0.205. The molecule has 252 valence electrons. The van der Waals surface area contributed by atoms with E-state index in [1.807, 2.05) is 103 Å². The number of carboxylic acids is 1. The van der Waals surface area contributed by atoms with Gasteiger partial charge in [0.1, 0.15) is 38.6 Å². The molecule has 0 unspecified atom stereocenters. The number of carboxylic acid groups (broad SMARTS) is 1. The Bertz CT molecular complexity index is 1540. The molecule has 0 amide bonds. The number of benzene rings is 5. The van der Waals surface area contributed by atoms with E-state index in [-0.39, 0.29) is 6.61 Å². The fourth-order valence-corrected chi connectivity index (χ4v) is 4.28. The van der Waals surface area contributed by atoms with E-state index in [2.05, 4.69) is 5.73 Å². The molecule has 0 bridgehead atoms. The second-order valence-corrected chi connectivity index (χ2v) is 10.4. The summed E-state index contributed by atoms with van der Waals surface area (Å²) in [6, 6.07) is 41.5. The summed E-state index contributed by atoms with van der Waals surface area (Å²) in [4.78, 5) is 10.1. The number of rotatable bonds is 13. The maximum Gasteiger partial charge on any atom is 0.203 e. The topological polar surface area (TPSA) is 156 Å². The molecule has 6 N–H and O–H groups in total. The molecule has 0 fully saturated rings. The first-order valence-electron chi connectivity index (χ1n) is 15.6. The van der Waals surface area contributed by atoms with Crippen LogP contribution in [0.1, 0.15) is 46.9 Å². The number of quaternary nitrogens is 1. The Hall–Kier alpha value is -5.19. The second kappa shape index (κ2) is 20.8. The maximum atomic E-state index is 10.5. The summed E-state index contributed by atoms with van der Waals surface area (Å²) >= 11 is 0. The van der Waals surface area contributed by atoms with Crippen LogP contribution in [-0.2, 0) is 24.6 Å². The minimum absolute atomic E-state index is 0.250. The van der Waals surface area contributed by atoms with E-state index in [0.717, 1.165) is 16.7 Å². The third-order valence-electron chi connectivity index (χ3n) is 6.74. The Morgan fingerprint density at radius 1 is 0.646 bits per heavy atom. The molecule has 0 aliphatic rings. The average molecular weight is 654 g/mol. The molecule has 5 aromatic rings. The summed E-state index contributed by atoms with van der Waals surface area (Å²) in [5, 5.41) is 37.2. The average Bonchev–Trinajstić information content (AvgIpc) is 3.14. The molecule has 48 heavy (non-hydrogen) atoms. The quantitative estimate of drug-likeness (QED) is 0.148. The number of hydrogen-bond acceptors (Lipinski definition) is 8. The summed E-state index contributed by atoms with van der Waals surface area (Å²) in [6.07, 6.45) is -2.25. The van der Waals surface area contributed by atoms with Crippen molar-refractivity contribution in [3.05, 3.63) is 161 Å². The number of ether oxygens (including phenoxy) is 3. The van der Waals surface area contributed by atoms with Gasteiger partial charge in [-0.05, 0) is 46.9 Å². The smallest absolute Gasteiger partial charge is 0.203 e. The highest BCUT2D eigenvalue weighted by Gasteiger charge is 2.20. The highest BCUT2D eigenvalue weighted by Crippen LogP contribution is 2.41. The van der Waals surface area contributed by atoms with Crippen LogP contribution in [0, 0.1) is 0 Å². The van der Waals surface area contributed by atoms with Crippen LogP contribution in [0.15, 0.2) is 133 Å². The summed E-state index contributed by atoms with van der Waals surface area (Å²) in [5.74, 6) is 0.0765. The Labute approximate surface area is 281 Å². The van der Waals surface area contributed by atoms with E-state index in [1.165, 1.54) is 12.1 Å². The van der Waals surface area contributed by atoms with Crippen LogP contribution in [0.25, 0.3) is 0 Å². The largest absolute Gasteiger partial charge is 0.547 e. The fourth-order valence-electron chi connectivity index (χ4n) is 4.28. The normalized spacial score (nSPS) is 11.4. The van der Waals surface area contributed by atoms with Crippen LogP contribution in [0.4, 0.5) is 0 Å². The molecule has 5 rings (SSSR count). The zero-order chi connectivity index (χ0) is 34.6. The first-order chi connectivity index (χ1) is 23.4. The minimum atomic E-state index is -1.52. The molecule has 0 heterocycles. The van der Waals surface area contributed by atoms with Gasteiger partial charge in [-0.3, -0.25) is 0 Å². The van der Waals surface area contributed by atoms with Crippen LogP contribution in [0.2, 0.25) is 0 Å². The third kappa shape index (κ3) is 12.5. The lowest BCUT2D eigenvalue weighted by atomic mass is 10.1. The van der Waals surface area contributed by atoms with Gasteiger partial charge in [0.15, 0.2) is 11.5 Å². The number of carbonyl (C=O) groups is 1. The summed E-state index contributed by atoms with van der Waals surface area (Å²) in [7, 11) is 0. The Morgan fingerprint density at radius 2 is 1.00 bits per heavy atom. The molecule has 0 aliphatic carbocycles. The molecule has 0 aliphatic heterocycles. The third-order valence-corrected chi connectivity index (χ3v) is 6.74. The van der Waals surface area contributed by atoms with Gasteiger partial charge in [0.25, 0.3) is 0 Å². The first kappa shape index (κ1) is 37.3. The molecule has 9 heteroatoms. The molecule has 0 spiro atoms. The molecule has 0 radical (unpaired) electrons. The van der Waals surface area contributed by atoms with Gasteiger partial charge in [0.05, 0.1) is 5.97 Å². The van der Waals surface area contributed by atoms with E-state index in [9.17, 15) is 15.0 Å². The molecule has 0 aromatic heterocycles. The Balaban J connectivity index is 0.000000373. The van der Waals surface area contributed by atoms with E-state index in [0.29, 0.717) is 54.7 Å². The van der Waals surface area contributed by atoms with Gasteiger partial charge in [0.2, 0.25) is 5.75 Å². The Kier molecular flexibility index (Phi) is 16.2. The zero-order valence-corrected chi connectivity index (χ0v) is 27.0. The first-order valence-corrected chi connectivity index (χ1v) is 15.6. The molecular weight excluding hydrogens is 610 g/mol. The van der Waals surface area contributed by atoms with Crippen molar-refractivity contribution in [3.8, 4) is 17.2 Å². The lowest BCUT2D eigenvalue weighted by Gasteiger charge is -2.20. The van der Waals surface area contributed by atoms with Crippen molar-refractivity contribution in [2.24, 2.45) is 0 Å². The maximum absolute atomic E-state index is 10.5. The van der Waals surface area contributed by atoms with Crippen LogP contribution in [0.3, 0.4) is 0 Å². The number of aliphatic carboxylic acids is 1. The van der Waals surface area contributed by atoms with Gasteiger partial charge in [0, 0.05) is 6.61 Å². The van der Waals surface area contributed by atoms with E-state index >= 15 is 0 Å². The van der Waals surface area contributed by atoms with E-state index in [1.54, 1.807) is 25.1 Å². The monoisotopic (exact) mass is 653 g/mol. The summed E-state index contributed by atoms with van der Waals surface area (Å²) in [6.45, 7) is 3.36. The number of hydrogen-bond donors (Lipinski definition) is 4. The van der Waals surface area contributed by atoms with Gasteiger partial charge >= 0.3 is 0 Å². The van der Waals surface area contributed by atoms with Crippen LogP contribution < -0.4 is 25.1 Å². The highest BCUT2D eigenvalue weighted by molar-refractivity contribution is 5.71. The van der Waals surface area contributed by atoms with Crippen LogP contribution in [0.5, 0.6) is 17.2 Å². The Morgan fingerprint density at radius 3 is 1.35 bits per heavy atom.